The highest BCUT2D eigenvalue weighted by atomic mass is 35.5. The average molecular weight is 303 g/mol. The molecular weight excluding hydrogens is 292 g/mol. The second-order valence-electron chi connectivity index (χ2n) is 4.35. The Labute approximate surface area is 126 Å². The van der Waals surface area contributed by atoms with Crippen molar-refractivity contribution >= 4 is 35.0 Å². The van der Waals surface area contributed by atoms with Gasteiger partial charge in [-0.15, -0.1) is 0 Å². The van der Waals surface area contributed by atoms with Crippen LogP contribution in [-0.4, -0.2) is 9.55 Å². The molecule has 0 unspecified atom stereocenters. The fourth-order valence-corrected chi connectivity index (χ4v) is 2.75. The van der Waals surface area contributed by atoms with E-state index in [0.29, 0.717) is 21.8 Å². The van der Waals surface area contributed by atoms with Gasteiger partial charge in [-0.25, -0.2) is 0 Å². The van der Waals surface area contributed by atoms with Crippen molar-refractivity contribution < 1.29 is 0 Å². The molecule has 0 radical (unpaired) electrons. The Balaban J connectivity index is 2.45. The Morgan fingerprint density at radius 2 is 2.10 bits per heavy atom. The van der Waals surface area contributed by atoms with E-state index in [4.69, 9.17) is 11.6 Å². The summed E-state index contributed by atoms with van der Waals surface area (Å²) in [5.74, 6) is 0.451. The highest BCUT2D eigenvalue weighted by Crippen LogP contribution is 2.22. The molecule has 0 bridgehead atoms. The van der Waals surface area contributed by atoms with Crippen LogP contribution in [0.1, 0.15) is 5.69 Å². The molecule has 0 atom stereocenters. The zero-order valence-corrected chi connectivity index (χ0v) is 12.1. The number of pyridine rings is 2. The van der Waals surface area contributed by atoms with Crippen molar-refractivity contribution in [1.82, 2.24) is 9.55 Å². The van der Waals surface area contributed by atoms with Crippen LogP contribution in [-0.2, 0) is 5.75 Å². The standard InChI is InChI=1S/C15H11ClN2OS/c16-13-5-1-3-10-7-12(9-20)18(15(19)14(10)13)11-4-2-6-17-8-11/h1-8,20H,9H2. The lowest BCUT2D eigenvalue weighted by atomic mass is 10.1. The maximum Gasteiger partial charge on any atom is 0.264 e. The molecule has 0 aliphatic heterocycles. The van der Waals surface area contributed by atoms with Crippen molar-refractivity contribution in [3.8, 4) is 5.69 Å². The lowest BCUT2D eigenvalue weighted by Crippen LogP contribution is -2.22. The van der Waals surface area contributed by atoms with Crippen molar-refractivity contribution in [2.24, 2.45) is 0 Å². The van der Waals surface area contributed by atoms with Gasteiger partial charge in [-0.1, -0.05) is 23.7 Å². The van der Waals surface area contributed by atoms with Crippen LogP contribution in [0.4, 0.5) is 0 Å². The summed E-state index contributed by atoms with van der Waals surface area (Å²) < 4.78 is 1.61. The molecule has 0 aliphatic rings. The molecule has 3 nitrogen and oxygen atoms in total. The Kier molecular flexibility index (Phi) is 3.51. The first-order valence-corrected chi connectivity index (χ1v) is 7.08. The van der Waals surface area contributed by atoms with Crippen molar-refractivity contribution in [3.63, 3.8) is 0 Å². The summed E-state index contributed by atoms with van der Waals surface area (Å²) in [6.07, 6.45) is 3.32. The van der Waals surface area contributed by atoms with Crippen molar-refractivity contribution in [2.45, 2.75) is 5.75 Å². The Morgan fingerprint density at radius 3 is 2.80 bits per heavy atom. The van der Waals surface area contributed by atoms with Gasteiger partial charge in [0.25, 0.3) is 5.56 Å². The zero-order valence-electron chi connectivity index (χ0n) is 10.5. The summed E-state index contributed by atoms with van der Waals surface area (Å²) in [6, 6.07) is 11.0. The monoisotopic (exact) mass is 302 g/mol. The fraction of sp³-hybridized carbons (Fsp3) is 0.0667. The number of hydrogen-bond acceptors (Lipinski definition) is 3. The van der Waals surface area contributed by atoms with Crippen LogP contribution in [0.15, 0.2) is 53.6 Å². The number of rotatable bonds is 2. The third-order valence-corrected chi connectivity index (χ3v) is 3.78. The molecule has 0 N–H and O–H groups in total. The lowest BCUT2D eigenvalue weighted by Gasteiger charge is -2.13. The molecule has 3 rings (SSSR count). The third kappa shape index (κ3) is 2.11. The number of fused-ring (bicyclic) bond motifs is 1. The van der Waals surface area contributed by atoms with Gasteiger partial charge in [0.1, 0.15) is 0 Å². The highest BCUT2D eigenvalue weighted by molar-refractivity contribution is 7.79. The maximum absolute atomic E-state index is 12.7. The number of halogens is 1. The van der Waals surface area contributed by atoms with Gasteiger partial charge in [-0.3, -0.25) is 14.3 Å². The van der Waals surface area contributed by atoms with E-state index in [1.54, 1.807) is 29.1 Å². The molecule has 2 aromatic heterocycles. The minimum atomic E-state index is -0.148. The van der Waals surface area contributed by atoms with E-state index in [9.17, 15) is 4.79 Å². The first-order chi connectivity index (χ1) is 9.72. The number of benzene rings is 1. The molecule has 100 valence electrons. The minimum Gasteiger partial charge on any atom is -0.278 e. The first-order valence-electron chi connectivity index (χ1n) is 6.07. The van der Waals surface area contributed by atoms with Crippen LogP contribution in [0.25, 0.3) is 16.5 Å². The summed E-state index contributed by atoms with van der Waals surface area (Å²) in [6.45, 7) is 0. The lowest BCUT2D eigenvalue weighted by molar-refractivity contribution is 0.934. The summed E-state index contributed by atoms with van der Waals surface area (Å²) in [5, 5.41) is 1.80. The predicted octanol–water partition coefficient (Wildman–Crippen LogP) is 3.47. The quantitative estimate of drug-likeness (QED) is 0.736. The largest absolute Gasteiger partial charge is 0.278 e. The van der Waals surface area contributed by atoms with Gasteiger partial charge < -0.3 is 0 Å². The Bertz CT molecular complexity index is 830. The number of nitrogens with zero attached hydrogens (tertiary/aromatic N) is 2. The van der Waals surface area contributed by atoms with E-state index in [-0.39, 0.29) is 5.56 Å². The molecule has 20 heavy (non-hydrogen) atoms. The molecular formula is C15H11ClN2OS. The molecule has 0 aliphatic carbocycles. The van der Waals surface area contributed by atoms with Crippen LogP contribution >= 0.6 is 24.2 Å². The molecule has 3 aromatic rings. The summed E-state index contributed by atoms with van der Waals surface area (Å²) in [7, 11) is 0. The van der Waals surface area contributed by atoms with Gasteiger partial charge >= 0.3 is 0 Å². The summed E-state index contributed by atoms with van der Waals surface area (Å²) in [5.41, 5.74) is 1.37. The van der Waals surface area contributed by atoms with Crippen molar-refractivity contribution in [3.05, 3.63) is 69.9 Å². The van der Waals surface area contributed by atoms with Crippen LogP contribution in [0.2, 0.25) is 5.02 Å². The molecule has 0 spiro atoms. The van der Waals surface area contributed by atoms with E-state index in [1.807, 2.05) is 24.3 Å². The molecule has 0 saturated carbocycles. The van der Waals surface area contributed by atoms with Gasteiger partial charge in [-0.05, 0) is 29.7 Å². The molecule has 1 aromatic carbocycles. The first kappa shape index (κ1) is 13.2. The average Bonchev–Trinajstić information content (AvgIpc) is 2.47. The molecule has 2 heterocycles. The van der Waals surface area contributed by atoms with E-state index >= 15 is 0 Å². The van der Waals surface area contributed by atoms with Crippen LogP contribution in [0.3, 0.4) is 0 Å². The van der Waals surface area contributed by atoms with Crippen molar-refractivity contribution in [2.75, 3.05) is 0 Å². The second-order valence-corrected chi connectivity index (χ2v) is 5.07. The minimum absolute atomic E-state index is 0.148. The van der Waals surface area contributed by atoms with Gasteiger partial charge in [0.15, 0.2) is 0 Å². The normalized spacial score (nSPS) is 10.9. The second kappa shape index (κ2) is 5.31. The fourth-order valence-electron chi connectivity index (χ4n) is 2.26. The van der Waals surface area contributed by atoms with Crippen LogP contribution < -0.4 is 5.56 Å². The molecule has 5 heteroatoms. The van der Waals surface area contributed by atoms with Gasteiger partial charge in [0.05, 0.1) is 22.3 Å². The number of hydrogen-bond donors (Lipinski definition) is 1. The van der Waals surface area contributed by atoms with E-state index in [0.717, 1.165) is 11.1 Å². The maximum atomic E-state index is 12.7. The van der Waals surface area contributed by atoms with Crippen molar-refractivity contribution in [1.29, 1.82) is 0 Å². The molecule has 0 amide bonds. The Morgan fingerprint density at radius 1 is 1.25 bits per heavy atom. The summed E-state index contributed by atoms with van der Waals surface area (Å²) >= 11 is 10.5. The zero-order chi connectivity index (χ0) is 14.1. The third-order valence-electron chi connectivity index (χ3n) is 3.14. The Hall–Kier alpha value is -1.78. The number of aromatic nitrogens is 2. The topological polar surface area (TPSA) is 34.9 Å². The van der Waals surface area contributed by atoms with Gasteiger partial charge in [-0.2, -0.15) is 12.6 Å². The summed E-state index contributed by atoms with van der Waals surface area (Å²) in [4.78, 5) is 16.8. The SMILES string of the molecule is O=c1c2c(Cl)cccc2cc(CS)n1-c1cccnc1. The van der Waals surface area contributed by atoms with Crippen LogP contribution in [0.5, 0.6) is 0 Å². The van der Waals surface area contributed by atoms with Crippen LogP contribution in [0, 0.1) is 0 Å². The smallest absolute Gasteiger partial charge is 0.264 e. The van der Waals surface area contributed by atoms with E-state index in [1.165, 1.54) is 0 Å². The predicted molar refractivity (Wildman–Crippen MR) is 85.0 cm³/mol. The highest BCUT2D eigenvalue weighted by Gasteiger charge is 2.12. The number of thiol groups is 1. The van der Waals surface area contributed by atoms with E-state index in [2.05, 4.69) is 17.6 Å². The van der Waals surface area contributed by atoms with E-state index < -0.39 is 0 Å². The molecule has 0 fully saturated rings. The molecule has 0 saturated heterocycles. The van der Waals surface area contributed by atoms with Gasteiger partial charge in [0.2, 0.25) is 0 Å². The van der Waals surface area contributed by atoms with Gasteiger partial charge in [0, 0.05) is 17.6 Å².